The predicted molar refractivity (Wildman–Crippen MR) is 75.9 cm³/mol. The molecule has 2 atom stereocenters. The molecule has 0 heterocycles. The van der Waals surface area contributed by atoms with E-state index >= 15 is 0 Å². The number of hydrogen-bond acceptors (Lipinski definition) is 0. The molecule has 2 unspecified atom stereocenters. The van der Waals surface area contributed by atoms with Crippen LogP contribution in [-0.2, 0) is 11.8 Å². The fourth-order valence-corrected chi connectivity index (χ4v) is 3.61. The van der Waals surface area contributed by atoms with Crippen LogP contribution in [0.3, 0.4) is 0 Å². The second-order valence-electron chi connectivity index (χ2n) is 5.64. The number of alkyl halides is 1. The van der Waals surface area contributed by atoms with Crippen LogP contribution in [0.25, 0.3) is 0 Å². The van der Waals surface area contributed by atoms with Crippen molar-refractivity contribution in [3.8, 4) is 0 Å². The molecule has 1 aromatic carbocycles. The van der Waals surface area contributed by atoms with Crippen molar-refractivity contribution < 1.29 is 0 Å². The van der Waals surface area contributed by atoms with Gasteiger partial charge in [-0.3, -0.25) is 0 Å². The summed E-state index contributed by atoms with van der Waals surface area (Å²) in [6.45, 7) is 4.63. The minimum Gasteiger partial charge on any atom is -0.126 e. The van der Waals surface area contributed by atoms with Gasteiger partial charge in [-0.15, -0.1) is 11.6 Å². The Morgan fingerprint density at radius 3 is 2.82 bits per heavy atom. The van der Waals surface area contributed by atoms with Gasteiger partial charge in [-0.2, -0.15) is 0 Å². The van der Waals surface area contributed by atoms with Gasteiger partial charge in [0.25, 0.3) is 0 Å². The van der Waals surface area contributed by atoms with Crippen LogP contribution >= 0.6 is 11.6 Å². The van der Waals surface area contributed by atoms with Gasteiger partial charge in [0.1, 0.15) is 0 Å². The summed E-state index contributed by atoms with van der Waals surface area (Å²) in [5.74, 6) is 1.54. The maximum Gasteiger partial charge on any atom is 0.0320 e. The lowest BCUT2D eigenvalue weighted by atomic mass is 9.67. The minimum absolute atomic E-state index is 0.242. The molecule has 0 radical (unpaired) electrons. The average Bonchev–Trinajstić information content (AvgIpc) is 2.39. The molecule has 0 aromatic heterocycles. The zero-order chi connectivity index (χ0) is 12.3. The molecule has 0 spiro atoms. The standard InChI is InChI=1S/C16H23Cl/c1-3-13(2)11-16(12-17)10-6-8-14-7-4-5-9-15(14)16/h4-5,7,9,13H,3,6,8,10-12H2,1-2H3. The number of fused-ring (bicyclic) bond motifs is 1. The van der Waals surface area contributed by atoms with E-state index in [0.717, 1.165) is 11.8 Å². The Bertz CT molecular complexity index is 372. The predicted octanol–water partition coefficient (Wildman–Crippen LogP) is 4.94. The van der Waals surface area contributed by atoms with Crippen molar-refractivity contribution in [1.82, 2.24) is 0 Å². The van der Waals surface area contributed by atoms with Gasteiger partial charge in [-0.1, -0.05) is 44.5 Å². The second-order valence-corrected chi connectivity index (χ2v) is 5.91. The van der Waals surface area contributed by atoms with E-state index in [1.165, 1.54) is 43.2 Å². The molecular formula is C16H23Cl. The van der Waals surface area contributed by atoms with Crippen LogP contribution in [0.15, 0.2) is 24.3 Å². The Morgan fingerprint density at radius 2 is 2.12 bits per heavy atom. The molecule has 0 bridgehead atoms. The van der Waals surface area contributed by atoms with Crippen LogP contribution in [0, 0.1) is 5.92 Å². The Morgan fingerprint density at radius 1 is 1.35 bits per heavy atom. The lowest BCUT2D eigenvalue weighted by Gasteiger charge is -2.39. The molecule has 1 aliphatic rings. The fraction of sp³-hybridized carbons (Fsp3) is 0.625. The Kier molecular flexibility index (Phi) is 4.14. The van der Waals surface area contributed by atoms with E-state index in [1.807, 2.05) is 0 Å². The van der Waals surface area contributed by atoms with Crippen molar-refractivity contribution in [1.29, 1.82) is 0 Å². The van der Waals surface area contributed by atoms with Crippen LogP contribution < -0.4 is 0 Å². The van der Waals surface area contributed by atoms with Crippen molar-refractivity contribution in [2.45, 2.75) is 51.4 Å². The normalized spacial score (nSPS) is 25.4. The molecule has 0 aliphatic heterocycles. The Hall–Kier alpha value is -0.490. The summed E-state index contributed by atoms with van der Waals surface area (Å²) in [7, 11) is 0. The van der Waals surface area contributed by atoms with E-state index in [9.17, 15) is 0 Å². The SMILES string of the molecule is CCC(C)CC1(CCl)CCCc2ccccc21. The molecule has 0 amide bonds. The molecule has 0 N–H and O–H groups in total. The summed E-state index contributed by atoms with van der Waals surface area (Å²) in [4.78, 5) is 0. The van der Waals surface area contributed by atoms with Gasteiger partial charge in [-0.05, 0) is 42.7 Å². The van der Waals surface area contributed by atoms with Crippen LogP contribution in [0.1, 0.15) is 50.7 Å². The van der Waals surface area contributed by atoms with Gasteiger partial charge in [-0.25, -0.2) is 0 Å². The van der Waals surface area contributed by atoms with Gasteiger partial charge in [0, 0.05) is 11.3 Å². The summed E-state index contributed by atoms with van der Waals surface area (Å²) < 4.78 is 0. The smallest absolute Gasteiger partial charge is 0.0320 e. The third-order valence-corrected chi connectivity index (χ3v) is 4.89. The molecule has 1 aliphatic carbocycles. The Labute approximate surface area is 110 Å². The molecule has 1 heteroatoms. The van der Waals surface area contributed by atoms with Gasteiger partial charge in [0.15, 0.2) is 0 Å². The number of rotatable bonds is 4. The highest BCUT2D eigenvalue weighted by molar-refractivity contribution is 6.18. The number of halogens is 1. The van der Waals surface area contributed by atoms with Crippen LogP contribution in [0.2, 0.25) is 0 Å². The molecule has 2 rings (SSSR count). The van der Waals surface area contributed by atoms with Gasteiger partial charge in [0.2, 0.25) is 0 Å². The first kappa shape index (κ1) is 13.0. The highest BCUT2D eigenvalue weighted by Crippen LogP contribution is 2.43. The van der Waals surface area contributed by atoms with E-state index in [0.29, 0.717) is 0 Å². The van der Waals surface area contributed by atoms with Crippen LogP contribution in [-0.4, -0.2) is 5.88 Å². The topological polar surface area (TPSA) is 0 Å². The molecule has 0 fully saturated rings. The highest BCUT2D eigenvalue weighted by Gasteiger charge is 2.36. The summed E-state index contributed by atoms with van der Waals surface area (Å²) >= 11 is 6.37. The van der Waals surface area contributed by atoms with E-state index in [4.69, 9.17) is 11.6 Å². The maximum absolute atomic E-state index is 6.37. The zero-order valence-corrected chi connectivity index (χ0v) is 11.8. The quantitative estimate of drug-likeness (QED) is 0.665. The summed E-state index contributed by atoms with van der Waals surface area (Å²) in [5, 5.41) is 0. The minimum atomic E-state index is 0.242. The molecule has 1 aromatic rings. The van der Waals surface area contributed by atoms with Gasteiger partial charge >= 0.3 is 0 Å². The first-order chi connectivity index (χ1) is 8.22. The second kappa shape index (κ2) is 5.44. The Balaban J connectivity index is 2.35. The largest absolute Gasteiger partial charge is 0.126 e. The molecule has 0 saturated carbocycles. The average molecular weight is 251 g/mol. The van der Waals surface area contributed by atoms with Crippen molar-refractivity contribution in [2.75, 3.05) is 5.88 Å². The van der Waals surface area contributed by atoms with E-state index in [-0.39, 0.29) is 5.41 Å². The van der Waals surface area contributed by atoms with Crippen molar-refractivity contribution in [3.63, 3.8) is 0 Å². The molecule has 17 heavy (non-hydrogen) atoms. The molecule has 0 saturated heterocycles. The lowest BCUT2D eigenvalue weighted by Crippen LogP contribution is -2.34. The molecular weight excluding hydrogens is 228 g/mol. The number of aryl methyl sites for hydroxylation is 1. The highest BCUT2D eigenvalue weighted by atomic mass is 35.5. The van der Waals surface area contributed by atoms with Gasteiger partial charge < -0.3 is 0 Å². The summed E-state index contributed by atoms with van der Waals surface area (Å²) in [6.07, 6.45) is 6.28. The first-order valence-electron chi connectivity index (χ1n) is 6.86. The maximum atomic E-state index is 6.37. The van der Waals surface area contributed by atoms with E-state index in [2.05, 4.69) is 38.1 Å². The number of hydrogen-bond donors (Lipinski definition) is 0. The third kappa shape index (κ3) is 2.52. The third-order valence-electron chi connectivity index (χ3n) is 4.38. The molecule has 94 valence electrons. The monoisotopic (exact) mass is 250 g/mol. The van der Waals surface area contributed by atoms with Crippen molar-refractivity contribution >= 4 is 11.6 Å². The van der Waals surface area contributed by atoms with E-state index in [1.54, 1.807) is 0 Å². The van der Waals surface area contributed by atoms with Crippen molar-refractivity contribution in [2.24, 2.45) is 5.92 Å². The lowest BCUT2D eigenvalue weighted by molar-refractivity contribution is 0.309. The van der Waals surface area contributed by atoms with E-state index < -0.39 is 0 Å². The van der Waals surface area contributed by atoms with Gasteiger partial charge in [0.05, 0.1) is 0 Å². The summed E-state index contributed by atoms with van der Waals surface area (Å²) in [5.41, 5.74) is 3.30. The van der Waals surface area contributed by atoms with Crippen LogP contribution in [0.5, 0.6) is 0 Å². The molecule has 0 nitrogen and oxygen atoms in total. The first-order valence-corrected chi connectivity index (χ1v) is 7.39. The van der Waals surface area contributed by atoms with Crippen molar-refractivity contribution in [3.05, 3.63) is 35.4 Å². The summed E-state index contributed by atoms with van der Waals surface area (Å²) in [6, 6.07) is 8.92. The zero-order valence-electron chi connectivity index (χ0n) is 11.0. The number of benzene rings is 1. The fourth-order valence-electron chi connectivity index (χ4n) is 3.22. The van der Waals surface area contributed by atoms with Crippen LogP contribution in [0.4, 0.5) is 0 Å².